The zero-order chi connectivity index (χ0) is 23.2. The number of aromatic nitrogens is 2. The summed E-state index contributed by atoms with van der Waals surface area (Å²) in [6, 6.07) is 7.24. The van der Waals surface area contributed by atoms with E-state index in [-0.39, 0.29) is 5.57 Å². The number of unbranched alkanes of at least 4 members (excludes halogenated alkanes) is 9. The van der Waals surface area contributed by atoms with Crippen molar-refractivity contribution in [2.75, 3.05) is 6.61 Å². The van der Waals surface area contributed by atoms with Crippen molar-refractivity contribution >= 4 is 5.97 Å². The van der Waals surface area contributed by atoms with E-state index in [1.54, 1.807) is 24.5 Å². The third-order valence-corrected chi connectivity index (χ3v) is 5.60. The number of hydrogen-bond acceptors (Lipinski definition) is 5. The van der Waals surface area contributed by atoms with Crippen molar-refractivity contribution < 1.29 is 14.6 Å². The number of esters is 1. The van der Waals surface area contributed by atoms with Crippen molar-refractivity contribution in [3.63, 3.8) is 0 Å². The number of pyridine rings is 2. The minimum Gasteiger partial charge on any atom is -0.462 e. The van der Waals surface area contributed by atoms with Gasteiger partial charge in [0.05, 0.1) is 23.6 Å². The van der Waals surface area contributed by atoms with Crippen molar-refractivity contribution in [2.24, 2.45) is 0 Å². The zero-order valence-electron chi connectivity index (χ0n) is 19.7. The molecule has 0 amide bonds. The van der Waals surface area contributed by atoms with Gasteiger partial charge < -0.3 is 9.84 Å². The number of ether oxygens (including phenoxy) is 1. The van der Waals surface area contributed by atoms with Gasteiger partial charge in [-0.1, -0.05) is 71.3 Å². The van der Waals surface area contributed by atoms with E-state index >= 15 is 0 Å². The van der Waals surface area contributed by atoms with Crippen LogP contribution in [-0.4, -0.2) is 27.7 Å². The Balaban J connectivity index is 1.70. The van der Waals surface area contributed by atoms with Crippen LogP contribution in [0.1, 0.15) is 88.4 Å². The highest BCUT2D eigenvalue weighted by Gasteiger charge is 2.20. The Kier molecular flexibility index (Phi) is 11.7. The molecule has 0 aliphatic heterocycles. The number of carbonyl (C=O) groups is 1. The number of nitrogens with zero attached hydrogens (tertiary/aromatic N) is 2. The number of aliphatic hydroxyl groups excluding tert-OH is 1. The molecule has 1 unspecified atom stereocenters. The molecule has 0 aliphatic carbocycles. The fraction of sp³-hybridized carbons (Fsp3) is 0.519. The molecule has 32 heavy (non-hydrogen) atoms. The normalized spacial score (nSPS) is 11.8. The first kappa shape index (κ1) is 25.7. The number of hydrogen-bond donors (Lipinski definition) is 1. The van der Waals surface area contributed by atoms with E-state index < -0.39 is 12.1 Å². The Morgan fingerprint density at radius 3 is 2.12 bits per heavy atom. The third kappa shape index (κ3) is 8.91. The Bertz CT molecular complexity index is 850. The number of rotatable bonds is 15. The Morgan fingerprint density at radius 1 is 0.938 bits per heavy atom. The molecule has 2 aromatic heterocycles. The molecule has 0 spiro atoms. The molecule has 0 aliphatic rings. The topological polar surface area (TPSA) is 72.3 Å². The molecule has 5 heteroatoms. The number of aliphatic hydroxyl groups is 1. The first-order valence-corrected chi connectivity index (χ1v) is 12.0. The summed E-state index contributed by atoms with van der Waals surface area (Å²) < 4.78 is 5.32. The van der Waals surface area contributed by atoms with Crippen molar-refractivity contribution in [3.05, 3.63) is 59.9 Å². The lowest BCUT2D eigenvalue weighted by Crippen LogP contribution is -2.14. The van der Waals surface area contributed by atoms with E-state index in [1.165, 1.54) is 51.4 Å². The van der Waals surface area contributed by atoms with Gasteiger partial charge in [0.1, 0.15) is 6.10 Å². The van der Waals surface area contributed by atoms with Gasteiger partial charge >= 0.3 is 5.97 Å². The molecule has 2 aromatic rings. The predicted molar refractivity (Wildman–Crippen MR) is 129 cm³/mol. The van der Waals surface area contributed by atoms with E-state index in [9.17, 15) is 9.90 Å². The summed E-state index contributed by atoms with van der Waals surface area (Å²) in [7, 11) is 0. The first-order chi connectivity index (χ1) is 15.5. The second-order valence-electron chi connectivity index (χ2n) is 8.44. The summed E-state index contributed by atoms with van der Waals surface area (Å²) in [6.45, 7) is 8.33. The maximum Gasteiger partial charge on any atom is 0.336 e. The SMILES string of the molecule is C=C(C(=O)OCCCCCCCCCCCC)C(O)c1ccnc(-c2cc(C)ccn2)c1. The van der Waals surface area contributed by atoms with Crippen LogP contribution in [0.25, 0.3) is 11.4 Å². The van der Waals surface area contributed by atoms with Crippen LogP contribution in [0.2, 0.25) is 0 Å². The van der Waals surface area contributed by atoms with Crippen LogP contribution in [-0.2, 0) is 9.53 Å². The second kappa shape index (κ2) is 14.5. The Labute approximate surface area is 193 Å². The van der Waals surface area contributed by atoms with Gasteiger partial charge in [-0.15, -0.1) is 0 Å². The molecule has 0 aromatic carbocycles. The van der Waals surface area contributed by atoms with Crippen molar-refractivity contribution in [1.29, 1.82) is 0 Å². The molecule has 2 rings (SSSR count). The maximum atomic E-state index is 12.3. The summed E-state index contributed by atoms with van der Waals surface area (Å²) in [5.41, 5.74) is 3.00. The molecule has 0 saturated heterocycles. The molecular formula is C27H38N2O3. The zero-order valence-corrected chi connectivity index (χ0v) is 19.7. The summed E-state index contributed by atoms with van der Waals surface area (Å²) in [4.78, 5) is 21.0. The van der Waals surface area contributed by atoms with Gasteiger partial charge in [-0.05, 0) is 48.7 Å². The molecule has 1 N–H and O–H groups in total. The van der Waals surface area contributed by atoms with E-state index in [1.807, 2.05) is 19.1 Å². The van der Waals surface area contributed by atoms with Gasteiger partial charge in [-0.25, -0.2) is 4.79 Å². The second-order valence-corrected chi connectivity index (χ2v) is 8.44. The Morgan fingerprint density at radius 2 is 1.50 bits per heavy atom. The summed E-state index contributed by atoms with van der Waals surface area (Å²) in [5, 5.41) is 10.6. The van der Waals surface area contributed by atoms with Gasteiger partial charge in [0.15, 0.2) is 0 Å². The number of aryl methyl sites for hydroxylation is 1. The Hall–Kier alpha value is -2.53. The predicted octanol–water partition coefficient (Wildman–Crippen LogP) is 6.51. The van der Waals surface area contributed by atoms with Gasteiger partial charge in [-0.3, -0.25) is 9.97 Å². The maximum absolute atomic E-state index is 12.3. The first-order valence-electron chi connectivity index (χ1n) is 12.0. The fourth-order valence-corrected chi connectivity index (χ4v) is 3.59. The van der Waals surface area contributed by atoms with Crippen LogP contribution in [0.5, 0.6) is 0 Å². The lowest BCUT2D eigenvalue weighted by atomic mass is 10.0. The quantitative estimate of drug-likeness (QED) is 0.195. The molecule has 5 nitrogen and oxygen atoms in total. The molecule has 0 radical (unpaired) electrons. The van der Waals surface area contributed by atoms with E-state index in [4.69, 9.17) is 4.74 Å². The van der Waals surface area contributed by atoms with Crippen LogP contribution in [0.15, 0.2) is 48.8 Å². The lowest BCUT2D eigenvalue weighted by Gasteiger charge is -2.14. The van der Waals surface area contributed by atoms with Gasteiger partial charge in [0.2, 0.25) is 0 Å². The highest BCUT2D eigenvalue weighted by atomic mass is 16.5. The lowest BCUT2D eigenvalue weighted by molar-refractivity contribution is -0.140. The van der Waals surface area contributed by atoms with E-state index in [0.717, 1.165) is 18.4 Å². The van der Waals surface area contributed by atoms with Crippen LogP contribution in [0.3, 0.4) is 0 Å². The van der Waals surface area contributed by atoms with Crippen LogP contribution in [0.4, 0.5) is 0 Å². The molecule has 0 saturated carbocycles. The van der Waals surface area contributed by atoms with Crippen LogP contribution >= 0.6 is 0 Å². The number of carbonyl (C=O) groups excluding carboxylic acids is 1. The summed E-state index contributed by atoms with van der Waals surface area (Å²) >= 11 is 0. The minimum absolute atomic E-state index is 0.0337. The van der Waals surface area contributed by atoms with Crippen LogP contribution < -0.4 is 0 Å². The van der Waals surface area contributed by atoms with Crippen LogP contribution in [0, 0.1) is 6.92 Å². The fourth-order valence-electron chi connectivity index (χ4n) is 3.59. The minimum atomic E-state index is -1.14. The van der Waals surface area contributed by atoms with E-state index in [2.05, 4.69) is 23.5 Å². The molecule has 2 heterocycles. The summed E-state index contributed by atoms with van der Waals surface area (Å²) in [5.74, 6) is -0.555. The molecule has 1 atom stereocenters. The van der Waals surface area contributed by atoms with E-state index in [0.29, 0.717) is 23.6 Å². The largest absolute Gasteiger partial charge is 0.462 e. The van der Waals surface area contributed by atoms with Gasteiger partial charge in [0.25, 0.3) is 0 Å². The standard InChI is InChI=1S/C27H38N2O3/c1-4-5-6-7-8-9-10-11-12-13-18-32-27(31)22(3)26(30)23-15-17-29-25(20-23)24-19-21(2)14-16-28-24/h14-17,19-20,26,30H,3-13,18H2,1-2H3. The highest BCUT2D eigenvalue weighted by Crippen LogP contribution is 2.25. The van der Waals surface area contributed by atoms with Gasteiger partial charge in [0, 0.05) is 12.4 Å². The van der Waals surface area contributed by atoms with Gasteiger partial charge in [-0.2, -0.15) is 0 Å². The average Bonchev–Trinajstić information content (AvgIpc) is 2.81. The third-order valence-electron chi connectivity index (χ3n) is 5.60. The average molecular weight is 439 g/mol. The van der Waals surface area contributed by atoms with Crippen molar-refractivity contribution in [2.45, 2.75) is 84.2 Å². The molecule has 0 bridgehead atoms. The molecule has 174 valence electrons. The van der Waals surface area contributed by atoms with Crippen molar-refractivity contribution in [1.82, 2.24) is 9.97 Å². The monoisotopic (exact) mass is 438 g/mol. The summed E-state index contributed by atoms with van der Waals surface area (Å²) in [6.07, 6.45) is 14.4. The smallest absolute Gasteiger partial charge is 0.336 e. The molecule has 0 fully saturated rings. The highest BCUT2D eigenvalue weighted by molar-refractivity contribution is 5.89. The van der Waals surface area contributed by atoms with Crippen molar-refractivity contribution in [3.8, 4) is 11.4 Å². The molecular weight excluding hydrogens is 400 g/mol.